The molecule has 0 saturated heterocycles. The maximum atomic E-state index is 12.2. The largest absolute Gasteiger partial charge is 0.504 e. The third-order valence-corrected chi connectivity index (χ3v) is 4.01. The van der Waals surface area contributed by atoms with Gasteiger partial charge in [-0.2, -0.15) is 0 Å². The summed E-state index contributed by atoms with van der Waals surface area (Å²) in [6, 6.07) is 7.81. The van der Waals surface area contributed by atoms with Crippen LogP contribution in [0, 0.1) is 5.92 Å². The number of carbonyl (C=O) groups excluding carboxylic acids is 2. The molecule has 0 fully saturated rings. The maximum Gasteiger partial charge on any atom is 0.331 e. The number of phenols is 4. The van der Waals surface area contributed by atoms with Crippen LogP contribution in [0.5, 0.6) is 23.0 Å². The smallest absolute Gasteiger partial charge is 0.331 e. The van der Waals surface area contributed by atoms with Crippen LogP contribution in [0.25, 0.3) is 6.08 Å². The Morgan fingerprint density at radius 1 is 0.929 bits per heavy atom. The van der Waals surface area contributed by atoms with Crippen molar-refractivity contribution in [3.8, 4) is 23.0 Å². The first-order valence-electron chi connectivity index (χ1n) is 8.23. The van der Waals surface area contributed by atoms with E-state index in [0.29, 0.717) is 5.56 Å². The van der Waals surface area contributed by atoms with E-state index in [-0.39, 0.29) is 22.8 Å². The lowest BCUT2D eigenvalue weighted by atomic mass is 9.96. The number of phenolic OH excluding ortho intramolecular Hbond substituents is 4. The highest BCUT2D eigenvalue weighted by Gasteiger charge is 2.30. The fourth-order valence-corrected chi connectivity index (χ4v) is 2.46. The van der Waals surface area contributed by atoms with Crippen molar-refractivity contribution in [1.29, 1.82) is 0 Å². The number of carbonyl (C=O) groups is 2. The van der Waals surface area contributed by atoms with Crippen molar-refractivity contribution in [2.24, 2.45) is 5.92 Å². The van der Waals surface area contributed by atoms with Crippen molar-refractivity contribution < 1.29 is 39.5 Å². The molecule has 28 heavy (non-hydrogen) atoms. The van der Waals surface area contributed by atoms with Crippen molar-refractivity contribution in [2.75, 3.05) is 7.11 Å². The van der Waals surface area contributed by atoms with Crippen molar-refractivity contribution >= 4 is 18.0 Å². The summed E-state index contributed by atoms with van der Waals surface area (Å²) in [5.41, 5.74) is 0.726. The van der Waals surface area contributed by atoms with E-state index in [4.69, 9.17) is 9.47 Å². The molecular weight excluding hydrogens is 368 g/mol. The number of ether oxygens (including phenoxy) is 2. The van der Waals surface area contributed by atoms with Gasteiger partial charge in [-0.25, -0.2) is 4.79 Å². The Kier molecular flexibility index (Phi) is 6.49. The van der Waals surface area contributed by atoms with Crippen LogP contribution in [0.2, 0.25) is 0 Å². The number of aromatic hydroxyl groups is 4. The minimum absolute atomic E-state index is 0.289. The van der Waals surface area contributed by atoms with Gasteiger partial charge in [-0.3, -0.25) is 4.79 Å². The standard InChI is InChI=1S/C20H20O8/c1-11(20(26)27-2)19(13-5-7-15(22)17(24)10-13)28-18(25)8-4-12-3-6-14(21)16(23)9-12/h3-11,19,21-24H,1-2H3/b8-4+. The van der Waals surface area contributed by atoms with Crippen molar-refractivity contribution in [1.82, 2.24) is 0 Å². The Balaban J connectivity index is 2.24. The van der Waals surface area contributed by atoms with Gasteiger partial charge >= 0.3 is 11.9 Å². The van der Waals surface area contributed by atoms with Crippen LogP contribution in [-0.2, 0) is 19.1 Å². The molecule has 2 unspecified atom stereocenters. The van der Waals surface area contributed by atoms with Gasteiger partial charge in [0, 0.05) is 6.08 Å². The molecular formula is C20H20O8. The van der Waals surface area contributed by atoms with E-state index in [1.54, 1.807) is 0 Å². The Morgan fingerprint density at radius 3 is 2.11 bits per heavy atom. The summed E-state index contributed by atoms with van der Waals surface area (Å²) in [5, 5.41) is 37.9. The van der Waals surface area contributed by atoms with E-state index in [2.05, 4.69) is 0 Å². The summed E-state index contributed by atoms with van der Waals surface area (Å²) >= 11 is 0. The molecule has 148 valence electrons. The van der Waals surface area contributed by atoms with Crippen LogP contribution in [-0.4, -0.2) is 39.5 Å². The van der Waals surface area contributed by atoms with E-state index < -0.39 is 29.7 Å². The zero-order chi connectivity index (χ0) is 20.8. The summed E-state index contributed by atoms with van der Waals surface area (Å²) in [6.07, 6.45) is 1.36. The summed E-state index contributed by atoms with van der Waals surface area (Å²) < 4.78 is 10.1. The van der Waals surface area contributed by atoms with Crippen LogP contribution in [0.4, 0.5) is 0 Å². The lowest BCUT2D eigenvalue weighted by molar-refractivity contribution is -0.156. The molecule has 2 rings (SSSR count). The molecule has 8 nitrogen and oxygen atoms in total. The maximum absolute atomic E-state index is 12.2. The second-order valence-electron chi connectivity index (χ2n) is 6.00. The Morgan fingerprint density at radius 2 is 1.54 bits per heavy atom. The van der Waals surface area contributed by atoms with Crippen molar-refractivity contribution in [3.05, 3.63) is 53.6 Å². The zero-order valence-corrected chi connectivity index (χ0v) is 15.2. The first-order valence-corrected chi connectivity index (χ1v) is 8.23. The minimum atomic E-state index is -1.08. The first-order chi connectivity index (χ1) is 13.2. The monoisotopic (exact) mass is 388 g/mol. The average Bonchev–Trinajstić information content (AvgIpc) is 2.68. The van der Waals surface area contributed by atoms with Gasteiger partial charge in [0.15, 0.2) is 23.0 Å². The number of esters is 2. The third-order valence-electron chi connectivity index (χ3n) is 4.01. The van der Waals surface area contributed by atoms with Crippen LogP contribution in [0.3, 0.4) is 0 Å². The normalized spacial score (nSPS) is 13.1. The molecule has 0 saturated carbocycles. The summed E-state index contributed by atoms with van der Waals surface area (Å²) in [4.78, 5) is 24.1. The molecule has 2 atom stereocenters. The van der Waals surface area contributed by atoms with Gasteiger partial charge in [0.25, 0.3) is 0 Å². The molecule has 2 aromatic rings. The quantitative estimate of drug-likeness (QED) is 0.337. The van der Waals surface area contributed by atoms with E-state index in [9.17, 15) is 30.0 Å². The molecule has 8 heteroatoms. The predicted molar refractivity (Wildman–Crippen MR) is 98.6 cm³/mol. The van der Waals surface area contributed by atoms with Gasteiger partial charge in [0.1, 0.15) is 6.10 Å². The molecule has 0 heterocycles. The van der Waals surface area contributed by atoms with E-state index >= 15 is 0 Å². The third kappa shape index (κ3) is 4.94. The van der Waals surface area contributed by atoms with E-state index in [1.165, 1.54) is 56.5 Å². The molecule has 0 radical (unpaired) electrons. The molecule has 0 aromatic heterocycles. The SMILES string of the molecule is COC(=O)C(C)C(OC(=O)/C=C/c1ccc(O)c(O)c1)c1ccc(O)c(O)c1. The molecule has 0 aliphatic carbocycles. The lowest BCUT2D eigenvalue weighted by Crippen LogP contribution is -2.24. The van der Waals surface area contributed by atoms with Crippen LogP contribution in [0.1, 0.15) is 24.2 Å². The molecule has 0 amide bonds. The summed E-state index contributed by atoms with van der Waals surface area (Å²) in [7, 11) is 1.20. The highest BCUT2D eigenvalue weighted by molar-refractivity contribution is 5.87. The lowest BCUT2D eigenvalue weighted by Gasteiger charge is -2.22. The molecule has 0 aliphatic rings. The molecule has 2 aromatic carbocycles. The van der Waals surface area contributed by atoms with Gasteiger partial charge in [0.05, 0.1) is 13.0 Å². The van der Waals surface area contributed by atoms with Gasteiger partial charge < -0.3 is 29.9 Å². The molecule has 0 spiro atoms. The first kappa shape index (κ1) is 20.6. The van der Waals surface area contributed by atoms with Crippen LogP contribution >= 0.6 is 0 Å². The second kappa shape index (κ2) is 8.81. The molecule has 0 aliphatic heterocycles. The second-order valence-corrected chi connectivity index (χ2v) is 6.00. The van der Waals surface area contributed by atoms with Gasteiger partial charge in [-0.1, -0.05) is 12.1 Å². The number of benzene rings is 2. The Labute approximate surface area is 160 Å². The number of methoxy groups -OCH3 is 1. The van der Waals surface area contributed by atoms with Crippen molar-refractivity contribution in [2.45, 2.75) is 13.0 Å². The van der Waals surface area contributed by atoms with E-state index in [0.717, 1.165) is 6.08 Å². The molecule has 0 bridgehead atoms. The molecule has 4 N–H and O–H groups in total. The van der Waals surface area contributed by atoms with Crippen LogP contribution in [0.15, 0.2) is 42.5 Å². The fraction of sp³-hybridized carbons (Fsp3) is 0.200. The fourth-order valence-electron chi connectivity index (χ4n) is 2.46. The van der Waals surface area contributed by atoms with E-state index in [1.807, 2.05) is 0 Å². The number of hydrogen-bond donors (Lipinski definition) is 4. The minimum Gasteiger partial charge on any atom is -0.504 e. The highest BCUT2D eigenvalue weighted by Crippen LogP contribution is 2.33. The Bertz CT molecular complexity index is 903. The highest BCUT2D eigenvalue weighted by atomic mass is 16.6. The predicted octanol–water partition coefficient (Wildman–Crippen LogP) is 2.62. The summed E-state index contributed by atoms with van der Waals surface area (Å²) in [6.45, 7) is 1.50. The van der Waals surface area contributed by atoms with Crippen molar-refractivity contribution in [3.63, 3.8) is 0 Å². The average molecular weight is 388 g/mol. The topological polar surface area (TPSA) is 134 Å². The van der Waals surface area contributed by atoms with Gasteiger partial charge in [0.2, 0.25) is 0 Å². The Hall–Kier alpha value is -3.68. The van der Waals surface area contributed by atoms with Crippen LogP contribution < -0.4 is 0 Å². The summed E-state index contributed by atoms with van der Waals surface area (Å²) in [5.74, 6) is -3.72. The number of hydrogen-bond acceptors (Lipinski definition) is 8. The zero-order valence-electron chi connectivity index (χ0n) is 15.2. The van der Waals surface area contributed by atoms with Gasteiger partial charge in [-0.05, 0) is 48.4 Å². The number of rotatable bonds is 6. The van der Waals surface area contributed by atoms with Gasteiger partial charge in [-0.15, -0.1) is 0 Å².